The molecule has 0 saturated carbocycles. The van der Waals surface area contributed by atoms with Gasteiger partial charge in [-0.05, 0) is 18.4 Å². The first kappa shape index (κ1) is 17.2. The number of aromatic nitrogens is 2. The first-order chi connectivity index (χ1) is 12.4. The predicted octanol–water partition coefficient (Wildman–Crippen LogP) is 1.17. The Hall–Kier alpha value is -3.68. The minimum atomic E-state index is -1.00. The van der Waals surface area contributed by atoms with Crippen molar-refractivity contribution in [1.82, 2.24) is 9.66 Å². The summed E-state index contributed by atoms with van der Waals surface area (Å²) in [6.07, 6.45) is -0.478. The molecular weight excluding hydrogens is 338 g/mol. The van der Waals surface area contributed by atoms with E-state index in [4.69, 9.17) is 0 Å². The van der Waals surface area contributed by atoms with Crippen LogP contribution in [0.1, 0.15) is 13.3 Å². The van der Waals surface area contributed by atoms with Crippen molar-refractivity contribution in [2.24, 2.45) is 0 Å². The maximum Gasteiger partial charge on any atom is 0.350 e. The summed E-state index contributed by atoms with van der Waals surface area (Å²) in [4.78, 5) is 49.8. The fourth-order valence-electron chi connectivity index (χ4n) is 2.70. The number of fused-ring (bicyclic) bond motifs is 1. The number of carbonyl (C=O) groups excluding carboxylic acids is 2. The first-order valence-corrected chi connectivity index (χ1v) is 7.74. The lowest BCUT2D eigenvalue weighted by Gasteiger charge is -2.25. The fraction of sp³-hybridized carbons (Fsp3) is 0.111. The van der Waals surface area contributed by atoms with E-state index in [9.17, 15) is 24.3 Å². The molecule has 2 aromatic carbocycles. The molecule has 1 amide bonds. The van der Waals surface area contributed by atoms with Gasteiger partial charge in [0.1, 0.15) is 5.78 Å². The van der Waals surface area contributed by atoms with Crippen molar-refractivity contribution in [2.45, 2.75) is 13.3 Å². The van der Waals surface area contributed by atoms with Crippen molar-refractivity contribution in [3.63, 3.8) is 0 Å². The number of ketones is 1. The van der Waals surface area contributed by atoms with Gasteiger partial charge >= 0.3 is 5.69 Å². The van der Waals surface area contributed by atoms with Crippen LogP contribution in [0.5, 0.6) is 5.88 Å². The zero-order chi connectivity index (χ0) is 18.8. The summed E-state index contributed by atoms with van der Waals surface area (Å²) in [5.74, 6) is -1.85. The highest BCUT2D eigenvalue weighted by molar-refractivity contribution is 6.09. The van der Waals surface area contributed by atoms with Crippen LogP contribution in [0.3, 0.4) is 0 Å². The van der Waals surface area contributed by atoms with Gasteiger partial charge in [0.2, 0.25) is 5.88 Å². The zero-order valence-electron chi connectivity index (χ0n) is 13.8. The zero-order valence-corrected chi connectivity index (χ0v) is 13.8. The molecule has 0 aliphatic carbocycles. The molecule has 0 aliphatic heterocycles. The number of aromatic amines is 1. The van der Waals surface area contributed by atoms with E-state index in [2.05, 4.69) is 0 Å². The van der Waals surface area contributed by atoms with E-state index in [1.54, 1.807) is 24.3 Å². The molecule has 0 spiro atoms. The molecule has 8 nitrogen and oxygen atoms in total. The summed E-state index contributed by atoms with van der Waals surface area (Å²) in [5, 5.41) is 12.4. The maximum atomic E-state index is 12.7. The lowest BCUT2D eigenvalue weighted by molar-refractivity contribution is -0.126. The molecule has 0 aliphatic rings. The van der Waals surface area contributed by atoms with Gasteiger partial charge in [0.15, 0.2) is 0 Å². The lowest BCUT2D eigenvalue weighted by Crippen LogP contribution is -2.46. The van der Waals surface area contributed by atoms with Crippen molar-refractivity contribution < 1.29 is 14.7 Å². The van der Waals surface area contributed by atoms with E-state index in [0.717, 1.165) is 16.5 Å². The van der Waals surface area contributed by atoms with Crippen molar-refractivity contribution in [2.75, 3.05) is 5.01 Å². The summed E-state index contributed by atoms with van der Waals surface area (Å²) in [6.45, 7) is 1.24. The molecule has 0 bridgehead atoms. The molecule has 2 N–H and O–H groups in total. The molecule has 0 radical (unpaired) electrons. The molecule has 132 valence electrons. The smallest absolute Gasteiger partial charge is 0.350 e. The number of Topliss-reactive ketones (excluding diaryl/α,β-unsaturated/α-hetero) is 1. The highest BCUT2D eigenvalue weighted by atomic mass is 16.3. The van der Waals surface area contributed by atoms with Gasteiger partial charge in [-0.15, -0.1) is 0 Å². The molecule has 0 atom stereocenters. The molecule has 3 aromatic rings. The Bertz CT molecular complexity index is 1120. The van der Waals surface area contributed by atoms with Gasteiger partial charge in [0.25, 0.3) is 11.5 Å². The number of benzene rings is 2. The average Bonchev–Trinajstić information content (AvgIpc) is 2.57. The van der Waals surface area contributed by atoms with Crippen LogP contribution in [0.25, 0.3) is 10.8 Å². The third kappa shape index (κ3) is 3.12. The second-order valence-electron chi connectivity index (χ2n) is 5.69. The second-order valence-corrected chi connectivity index (χ2v) is 5.69. The minimum absolute atomic E-state index is 0.291. The van der Waals surface area contributed by atoms with Crippen LogP contribution in [-0.4, -0.2) is 26.5 Å². The predicted molar refractivity (Wildman–Crippen MR) is 95.1 cm³/mol. The Kier molecular flexibility index (Phi) is 4.40. The normalized spacial score (nSPS) is 10.7. The number of hydrogen-bond acceptors (Lipinski definition) is 5. The Morgan fingerprint density at radius 2 is 1.81 bits per heavy atom. The second kappa shape index (κ2) is 6.67. The van der Waals surface area contributed by atoms with Gasteiger partial charge in [-0.3, -0.25) is 19.4 Å². The van der Waals surface area contributed by atoms with Crippen LogP contribution in [0.2, 0.25) is 0 Å². The molecule has 1 aromatic heterocycles. The van der Waals surface area contributed by atoms with E-state index in [-0.39, 0.29) is 0 Å². The summed E-state index contributed by atoms with van der Waals surface area (Å²) < 4.78 is 0.633. The van der Waals surface area contributed by atoms with E-state index in [1.807, 2.05) is 23.2 Å². The third-order valence-electron chi connectivity index (χ3n) is 3.73. The quantitative estimate of drug-likeness (QED) is 0.684. The summed E-state index contributed by atoms with van der Waals surface area (Å²) in [7, 11) is 0. The largest absolute Gasteiger partial charge is 0.493 e. The van der Waals surface area contributed by atoms with Gasteiger partial charge < -0.3 is 5.11 Å². The molecule has 0 fully saturated rings. The summed E-state index contributed by atoms with van der Waals surface area (Å²) in [5.41, 5.74) is -1.51. The number of aromatic hydroxyl groups is 1. The van der Waals surface area contributed by atoms with E-state index in [0.29, 0.717) is 15.7 Å². The van der Waals surface area contributed by atoms with Gasteiger partial charge in [0, 0.05) is 5.39 Å². The van der Waals surface area contributed by atoms with Gasteiger partial charge in [-0.1, -0.05) is 36.4 Å². The molecule has 8 heteroatoms. The number of nitrogens with one attached hydrogen (secondary N) is 1. The van der Waals surface area contributed by atoms with Crippen molar-refractivity contribution in [3.8, 4) is 5.88 Å². The monoisotopic (exact) mass is 353 g/mol. The van der Waals surface area contributed by atoms with Gasteiger partial charge in [-0.2, -0.15) is 4.68 Å². The molecule has 0 saturated heterocycles. The Morgan fingerprint density at radius 3 is 2.50 bits per heavy atom. The Balaban J connectivity index is 2.32. The van der Waals surface area contributed by atoms with Crippen molar-refractivity contribution in [3.05, 3.63) is 69.4 Å². The van der Waals surface area contributed by atoms with E-state index in [1.165, 1.54) is 6.92 Å². The lowest BCUT2D eigenvalue weighted by atomic mass is 10.1. The fourth-order valence-corrected chi connectivity index (χ4v) is 2.70. The molecule has 0 unspecified atom stereocenters. The summed E-state index contributed by atoms with van der Waals surface area (Å²) in [6, 6.07) is 13.0. The highest BCUT2D eigenvalue weighted by Gasteiger charge is 2.24. The van der Waals surface area contributed by atoms with Crippen molar-refractivity contribution >= 4 is 28.2 Å². The van der Waals surface area contributed by atoms with Crippen LogP contribution in [0.15, 0.2) is 58.1 Å². The SMILES string of the molecule is CC(=O)CC(=O)N(c1cccc2ccccc12)n1c(O)cc(=O)[nH]c1=O. The molecule has 26 heavy (non-hydrogen) atoms. The number of hydrogen-bond donors (Lipinski definition) is 2. The number of H-pyrrole nitrogens is 1. The highest BCUT2D eigenvalue weighted by Crippen LogP contribution is 2.28. The van der Waals surface area contributed by atoms with Crippen LogP contribution in [0.4, 0.5) is 5.69 Å². The van der Waals surface area contributed by atoms with E-state index < -0.39 is 35.2 Å². The van der Waals surface area contributed by atoms with Crippen LogP contribution in [-0.2, 0) is 9.59 Å². The molecule has 3 rings (SSSR count). The maximum absolute atomic E-state index is 12.7. The van der Waals surface area contributed by atoms with Crippen LogP contribution in [0, 0.1) is 0 Å². The first-order valence-electron chi connectivity index (χ1n) is 7.74. The minimum Gasteiger partial charge on any atom is -0.493 e. The van der Waals surface area contributed by atoms with Crippen LogP contribution >= 0.6 is 0 Å². The van der Waals surface area contributed by atoms with Crippen molar-refractivity contribution in [1.29, 1.82) is 0 Å². The molecule has 1 heterocycles. The number of anilines is 1. The topological polar surface area (TPSA) is 112 Å². The Morgan fingerprint density at radius 1 is 1.12 bits per heavy atom. The average molecular weight is 353 g/mol. The van der Waals surface area contributed by atoms with Gasteiger partial charge in [0.05, 0.1) is 18.2 Å². The van der Waals surface area contributed by atoms with E-state index >= 15 is 0 Å². The molecular formula is C18H15N3O5. The van der Waals surface area contributed by atoms with Gasteiger partial charge in [-0.25, -0.2) is 9.80 Å². The number of rotatable bonds is 4. The Labute approximate surface area is 146 Å². The third-order valence-corrected chi connectivity index (χ3v) is 3.73. The number of carbonyl (C=O) groups is 2. The number of nitrogens with zero attached hydrogens (tertiary/aromatic N) is 2. The summed E-state index contributed by atoms with van der Waals surface area (Å²) >= 11 is 0. The van der Waals surface area contributed by atoms with Crippen LogP contribution < -0.4 is 16.3 Å². The standard InChI is InChI=1S/C18H15N3O5/c1-11(22)9-16(24)20(21-17(25)10-15(23)19-18(21)26)14-8-4-6-12-5-2-3-7-13(12)14/h2-8,10,25H,9H2,1H3,(H,19,23,26). The number of amides is 1.